The molecule has 1 N–H and O–H groups in total. The number of hydrogen-bond acceptors (Lipinski definition) is 4. The van der Waals surface area contributed by atoms with Gasteiger partial charge in [-0.15, -0.1) is 0 Å². The molecule has 1 aliphatic heterocycles. The Morgan fingerprint density at radius 2 is 1.84 bits per heavy atom. The van der Waals surface area contributed by atoms with Crippen LogP contribution in [0.1, 0.15) is 11.1 Å². The Hall–Kier alpha value is -3.09. The predicted octanol–water partition coefficient (Wildman–Crippen LogP) is 4.54. The van der Waals surface area contributed by atoms with Crippen LogP contribution in [0.4, 0.5) is 0 Å². The number of carbonyl (C=O) groups is 1. The highest BCUT2D eigenvalue weighted by Crippen LogP contribution is 2.33. The van der Waals surface area contributed by atoms with Crippen molar-refractivity contribution < 1.29 is 17.9 Å². The van der Waals surface area contributed by atoms with Gasteiger partial charge in [0, 0.05) is 23.8 Å². The minimum Gasteiger partial charge on any atom is -0.488 e. The van der Waals surface area contributed by atoms with Crippen LogP contribution in [0, 0.1) is 0 Å². The Balaban J connectivity index is 1.35. The Kier molecular flexibility index (Phi) is 6.35. The first kappa shape index (κ1) is 22.1. The van der Waals surface area contributed by atoms with Gasteiger partial charge in [-0.05, 0) is 64.7 Å². The number of rotatable bonds is 6. The fourth-order valence-corrected chi connectivity index (χ4v) is 4.39. The van der Waals surface area contributed by atoms with Crippen molar-refractivity contribution in [1.82, 2.24) is 5.32 Å². The smallest absolute Gasteiger partial charge is 0.244 e. The quantitative estimate of drug-likeness (QED) is 0.540. The van der Waals surface area contributed by atoms with E-state index in [1.54, 1.807) is 42.5 Å². The fourth-order valence-electron chi connectivity index (χ4n) is 3.56. The monoisotopic (exact) mass is 467 g/mol. The minimum absolute atomic E-state index is 0.142. The minimum atomic E-state index is -3.22. The van der Waals surface area contributed by atoms with E-state index < -0.39 is 9.84 Å². The maximum Gasteiger partial charge on any atom is 0.244 e. The maximum atomic E-state index is 12.1. The number of amides is 1. The highest BCUT2D eigenvalue weighted by Gasteiger charge is 2.23. The van der Waals surface area contributed by atoms with E-state index in [-0.39, 0.29) is 12.0 Å². The first-order valence-electron chi connectivity index (χ1n) is 10.1. The second-order valence-corrected chi connectivity index (χ2v) is 10.1. The van der Waals surface area contributed by atoms with Crippen LogP contribution in [0.15, 0.2) is 77.7 Å². The van der Waals surface area contributed by atoms with Gasteiger partial charge < -0.3 is 10.1 Å². The molecule has 164 valence electrons. The molecule has 1 heterocycles. The molecule has 0 saturated carbocycles. The van der Waals surface area contributed by atoms with E-state index in [0.717, 1.165) is 28.0 Å². The first-order valence-corrected chi connectivity index (χ1v) is 12.4. The maximum absolute atomic E-state index is 12.1. The number of hydrogen-bond donors (Lipinski definition) is 1. The topological polar surface area (TPSA) is 72.5 Å². The summed E-state index contributed by atoms with van der Waals surface area (Å²) in [5.74, 6) is 0.603. The summed E-state index contributed by atoms with van der Waals surface area (Å²) in [6.07, 6.45) is 4.93. The fraction of sp³-hybridized carbons (Fsp3) is 0.160. The number of sulfone groups is 1. The van der Waals surface area contributed by atoms with Gasteiger partial charge in [0.1, 0.15) is 11.9 Å². The molecule has 5 nitrogen and oxygen atoms in total. The van der Waals surface area contributed by atoms with Gasteiger partial charge in [0.15, 0.2) is 9.84 Å². The van der Waals surface area contributed by atoms with Crippen molar-refractivity contribution in [2.24, 2.45) is 0 Å². The zero-order valence-electron chi connectivity index (χ0n) is 17.4. The number of carbonyl (C=O) groups excluding carboxylic acids is 1. The van der Waals surface area contributed by atoms with Crippen LogP contribution in [-0.2, 0) is 21.1 Å². The molecule has 7 heteroatoms. The van der Waals surface area contributed by atoms with E-state index >= 15 is 0 Å². The second kappa shape index (κ2) is 9.18. The van der Waals surface area contributed by atoms with Crippen molar-refractivity contribution in [1.29, 1.82) is 0 Å². The summed E-state index contributed by atoms with van der Waals surface area (Å²) in [6.45, 7) is 0.395. The zero-order chi connectivity index (χ0) is 22.7. The summed E-state index contributed by atoms with van der Waals surface area (Å²) in [7, 11) is -3.22. The largest absolute Gasteiger partial charge is 0.488 e. The Morgan fingerprint density at radius 1 is 1.09 bits per heavy atom. The second-order valence-electron chi connectivity index (χ2n) is 7.70. The van der Waals surface area contributed by atoms with E-state index in [9.17, 15) is 13.2 Å². The van der Waals surface area contributed by atoms with Crippen LogP contribution in [0.5, 0.6) is 5.75 Å². The van der Waals surface area contributed by atoms with Crippen LogP contribution in [0.3, 0.4) is 0 Å². The van der Waals surface area contributed by atoms with Crippen LogP contribution < -0.4 is 10.1 Å². The third kappa shape index (κ3) is 5.39. The molecule has 0 fully saturated rings. The molecule has 4 rings (SSSR count). The summed E-state index contributed by atoms with van der Waals surface area (Å²) in [5, 5.41) is 3.49. The molecule has 32 heavy (non-hydrogen) atoms. The third-order valence-corrected chi connectivity index (χ3v) is 6.56. The van der Waals surface area contributed by atoms with Gasteiger partial charge in [0.2, 0.25) is 5.91 Å². The van der Waals surface area contributed by atoms with Gasteiger partial charge in [0.05, 0.1) is 11.4 Å². The summed E-state index contributed by atoms with van der Waals surface area (Å²) in [5.41, 5.74) is 3.84. The molecular weight excluding hydrogens is 446 g/mol. The van der Waals surface area contributed by atoms with E-state index in [1.165, 1.54) is 12.3 Å². The Morgan fingerprint density at radius 3 is 2.56 bits per heavy atom. The number of fused-ring (bicyclic) bond motifs is 1. The van der Waals surface area contributed by atoms with Crippen molar-refractivity contribution in [2.45, 2.75) is 17.4 Å². The Labute approximate surface area is 192 Å². The molecular formula is C25H22ClNO4S. The van der Waals surface area contributed by atoms with Gasteiger partial charge in [-0.3, -0.25) is 4.79 Å². The van der Waals surface area contributed by atoms with Crippen molar-refractivity contribution in [2.75, 3.05) is 12.8 Å². The van der Waals surface area contributed by atoms with Crippen LogP contribution >= 0.6 is 11.6 Å². The average molecular weight is 468 g/mol. The van der Waals surface area contributed by atoms with Crippen LogP contribution in [0.2, 0.25) is 5.02 Å². The molecule has 0 aliphatic carbocycles. The standard InChI is InChI=1S/C25H22ClNO4S/c1-32(29,30)23-9-6-18(7-10-23)19-8-11-24-20(14-19)15-22(31-24)16-27-25(28)12-5-17-3-2-4-21(26)13-17/h2-14,22H,15-16H2,1H3,(H,27,28). The summed E-state index contributed by atoms with van der Waals surface area (Å²) in [6, 6.07) is 20.0. The summed E-state index contributed by atoms with van der Waals surface area (Å²) >= 11 is 5.95. The SMILES string of the molecule is CS(=O)(=O)c1ccc(-c2ccc3c(c2)CC(CNC(=O)C=Cc2cccc(Cl)c2)O3)cc1. The lowest BCUT2D eigenvalue weighted by atomic mass is 10.0. The molecule has 1 unspecified atom stereocenters. The van der Waals surface area contributed by atoms with Crippen molar-refractivity contribution in [3.8, 4) is 16.9 Å². The van der Waals surface area contributed by atoms with E-state index in [2.05, 4.69) is 5.32 Å². The predicted molar refractivity (Wildman–Crippen MR) is 127 cm³/mol. The lowest BCUT2D eigenvalue weighted by molar-refractivity contribution is -0.116. The molecule has 0 radical (unpaired) electrons. The molecule has 3 aromatic rings. The van der Waals surface area contributed by atoms with E-state index in [4.69, 9.17) is 16.3 Å². The molecule has 3 aromatic carbocycles. The van der Waals surface area contributed by atoms with Crippen molar-refractivity contribution in [3.05, 3.63) is 89.0 Å². The lowest BCUT2D eigenvalue weighted by Crippen LogP contribution is -2.33. The first-order chi connectivity index (χ1) is 15.3. The molecule has 1 aliphatic rings. The highest BCUT2D eigenvalue weighted by molar-refractivity contribution is 7.90. The van der Waals surface area contributed by atoms with Gasteiger partial charge in [-0.25, -0.2) is 8.42 Å². The molecule has 0 bridgehead atoms. The lowest BCUT2D eigenvalue weighted by Gasteiger charge is -2.10. The van der Waals surface area contributed by atoms with Gasteiger partial charge in [-0.2, -0.15) is 0 Å². The van der Waals surface area contributed by atoms with Crippen LogP contribution in [-0.4, -0.2) is 33.2 Å². The normalized spacial score (nSPS) is 15.4. The molecule has 0 spiro atoms. The van der Waals surface area contributed by atoms with Gasteiger partial charge >= 0.3 is 0 Å². The summed E-state index contributed by atoms with van der Waals surface area (Å²) < 4.78 is 29.3. The molecule has 1 amide bonds. The Bertz CT molecular complexity index is 1280. The molecule has 0 aromatic heterocycles. The average Bonchev–Trinajstić information content (AvgIpc) is 3.18. The van der Waals surface area contributed by atoms with Gasteiger partial charge in [0.25, 0.3) is 0 Å². The summed E-state index contributed by atoms with van der Waals surface area (Å²) in [4.78, 5) is 12.4. The van der Waals surface area contributed by atoms with Crippen molar-refractivity contribution in [3.63, 3.8) is 0 Å². The molecule has 1 atom stereocenters. The zero-order valence-corrected chi connectivity index (χ0v) is 19.0. The van der Waals surface area contributed by atoms with Gasteiger partial charge in [-0.1, -0.05) is 41.9 Å². The number of benzene rings is 3. The third-order valence-electron chi connectivity index (χ3n) is 5.20. The highest BCUT2D eigenvalue weighted by atomic mass is 35.5. The van der Waals surface area contributed by atoms with E-state index in [0.29, 0.717) is 22.9 Å². The van der Waals surface area contributed by atoms with Crippen molar-refractivity contribution >= 4 is 33.4 Å². The number of halogens is 1. The number of ether oxygens (including phenoxy) is 1. The molecule has 0 saturated heterocycles. The van der Waals surface area contributed by atoms with E-state index in [1.807, 2.05) is 30.3 Å². The van der Waals surface area contributed by atoms with Crippen LogP contribution in [0.25, 0.3) is 17.2 Å². The number of nitrogens with one attached hydrogen (secondary N) is 1.